The third-order valence-corrected chi connectivity index (χ3v) is 5.97. The third-order valence-electron chi connectivity index (χ3n) is 5.97. The Morgan fingerprint density at radius 2 is 1.48 bits per heavy atom. The van der Waals surface area contributed by atoms with Gasteiger partial charge in [-0.15, -0.1) is 0 Å². The van der Waals surface area contributed by atoms with Gasteiger partial charge in [-0.2, -0.15) is 0 Å². The molecule has 1 aliphatic rings. The SMILES string of the molecule is CCc1ccn(Cc2ccccc2O[C@@H]2O[C@H](COC(C)=O)C(OC(C)=O)[C@H](OC(C)=O)C2OC(C)=O)c(=O)c1. The summed E-state index contributed by atoms with van der Waals surface area (Å²) in [4.78, 5) is 60.2. The number of rotatable bonds is 10. The van der Waals surface area contributed by atoms with Crippen LogP contribution in [0.2, 0.25) is 0 Å². The molecule has 0 amide bonds. The number of aryl methyl sites for hydroxylation is 1. The fourth-order valence-corrected chi connectivity index (χ4v) is 4.24. The molecule has 2 unspecified atom stereocenters. The first-order chi connectivity index (χ1) is 19.0. The van der Waals surface area contributed by atoms with Crippen molar-refractivity contribution >= 4 is 23.9 Å². The predicted molar refractivity (Wildman–Crippen MR) is 138 cm³/mol. The number of aromatic nitrogens is 1. The summed E-state index contributed by atoms with van der Waals surface area (Å²) >= 11 is 0. The normalized spacial score (nSPS) is 22.1. The van der Waals surface area contributed by atoms with Crippen molar-refractivity contribution in [3.8, 4) is 5.75 Å². The molecule has 216 valence electrons. The zero-order valence-electron chi connectivity index (χ0n) is 23.0. The van der Waals surface area contributed by atoms with Gasteiger partial charge in [-0.05, 0) is 24.1 Å². The van der Waals surface area contributed by atoms with E-state index in [1.807, 2.05) is 13.0 Å². The van der Waals surface area contributed by atoms with Crippen molar-refractivity contribution in [2.75, 3.05) is 6.61 Å². The van der Waals surface area contributed by atoms with Crippen molar-refractivity contribution in [2.45, 2.75) is 78.3 Å². The number of hydrogen-bond donors (Lipinski definition) is 0. The van der Waals surface area contributed by atoms with E-state index in [1.54, 1.807) is 36.5 Å². The Hall–Kier alpha value is -4.19. The Morgan fingerprint density at radius 1 is 0.850 bits per heavy atom. The molecule has 0 spiro atoms. The fraction of sp³-hybridized carbons (Fsp3) is 0.464. The van der Waals surface area contributed by atoms with Gasteiger partial charge in [0.25, 0.3) is 5.56 Å². The zero-order valence-corrected chi connectivity index (χ0v) is 23.0. The lowest BCUT2D eigenvalue weighted by Crippen LogP contribution is -2.63. The van der Waals surface area contributed by atoms with Crippen molar-refractivity contribution in [1.29, 1.82) is 0 Å². The number of nitrogens with zero attached hydrogens (tertiary/aromatic N) is 1. The molecule has 3 rings (SSSR count). The average Bonchev–Trinajstić information content (AvgIpc) is 2.87. The first-order valence-electron chi connectivity index (χ1n) is 12.7. The van der Waals surface area contributed by atoms with Gasteiger partial charge < -0.3 is 33.0 Å². The van der Waals surface area contributed by atoms with E-state index < -0.39 is 54.6 Å². The van der Waals surface area contributed by atoms with Gasteiger partial charge >= 0.3 is 23.9 Å². The number of pyridine rings is 1. The maximum Gasteiger partial charge on any atom is 0.303 e. The minimum absolute atomic E-state index is 0.157. The average molecular weight is 560 g/mol. The molecule has 2 aromatic rings. The van der Waals surface area contributed by atoms with Crippen molar-refractivity contribution in [3.63, 3.8) is 0 Å². The van der Waals surface area contributed by atoms with Crippen LogP contribution in [-0.4, -0.2) is 65.8 Å². The number of carbonyl (C=O) groups excluding carboxylic acids is 4. The molecule has 2 heterocycles. The van der Waals surface area contributed by atoms with Crippen molar-refractivity contribution in [3.05, 3.63) is 64.1 Å². The summed E-state index contributed by atoms with van der Waals surface area (Å²) in [5.74, 6) is -2.56. The second-order valence-electron chi connectivity index (χ2n) is 9.15. The summed E-state index contributed by atoms with van der Waals surface area (Å²) in [6.07, 6.45) is -4.16. The Kier molecular flexibility index (Phi) is 10.4. The molecule has 12 nitrogen and oxygen atoms in total. The van der Waals surface area contributed by atoms with Crippen molar-refractivity contribution in [2.24, 2.45) is 0 Å². The number of benzene rings is 1. The Balaban J connectivity index is 2.00. The molecule has 1 aliphatic heterocycles. The highest BCUT2D eigenvalue weighted by Crippen LogP contribution is 2.32. The molecule has 1 aromatic heterocycles. The van der Waals surface area contributed by atoms with Crippen LogP contribution in [-0.2, 0) is 55.8 Å². The minimum Gasteiger partial charge on any atom is -0.463 e. The summed E-state index contributed by atoms with van der Waals surface area (Å²) in [7, 11) is 0. The molecule has 1 fully saturated rings. The first-order valence-corrected chi connectivity index (χ1v) is 12.7. The summed E-state index contributed by atoms with van der Waals surface area (Å²) in [6.45, 7) is 6.35. The molecule has 0 aliphatic carbocycles. The Labute approximate surface area is 231 Å². The van der Waals surface area contributed by atoms with Crippen LogP contribution in [0.25, 0.3) is 0 Å². The van der Waals surface area contributed by atoms with Crippen LogP contribution in [0.4, 0.5) is 0 Å². The standard InChI is InChI=1S/C28H33NO11/c1-6-20-11-12-29(24(34)13-20)14-21-9-7-8-10-22(21)39-28-27(38-19(5)33)26(37-18(4)32)25(36-17(3)31)23(40-28)15-35-16(2)30/h7-13,23,25-28H,6,14-15H2,1-5H3/t23-,25?,26+,27?,28-/m1/s1. The van der Waals surface area contributed by atoms with Crippen LogP contribution in [0.15, 0.2) is 47.4 Å². The molecule has 1 aromatic carbocycles. The van der Waals surface area contributed by atoms with Crippen LogP contribution in [0.3, 0.4) is 0 Å². The molecule has 40 heavy (non-hydrogen) atoms. The van der Waals surface area contributed by atoms with Gasteiger partial charge in [-0.1, -0.05) is 25.1 Å². The number of hydrogen-bond acceptors (Lipinski definition) is 11. The zero-order chi connectivity index (χ0) is 29.4. The van der Waals surface area contributed by atoms with Gasteiger partial charge in [0.2, 0.25) is 12.4 Å². The Bertz CT molecular complexity index is 1290. The molecular formula is C28H33NO11. The molecular weight excluding hydrogens is 526 g/mol. The topological polar surface area (TPSA) is 146 Å². The van der Waals surface area contributed by atoms with Gasteiger partial charge in [0.1, 0.15) is 18.5 Å². The summed E-state index contributed by atoms with van der Waals surface area (Å²) < 4.78 is 35.1. The van der Waals surface area contributed by atoms with Gasteiger partial charge in [0.15, 0.2) is 12.2 Å². The van der Waals surface area contributed by atoms with Crippen LogP contribution >= 0.6 is 0 Å². The van der Waals surface area contributed by atoms with Crippen LogP contribution < -0.4 is 10.3 Å². The molecule has 0 bridgehead atoms. The Morgan fingerprint density at radius 3 is 2.08 bits per heavy atom. The number of para-hydroxylation sites is 1. The number of carbonyl (C=O) groups is 4. The van der Waals surface area contributed by atoms with E-state index in [-0.39, 0.29) is 24.5 Å². The summed E-state index contributed by atoms with van der Waals surface area (Å²) in [6, 6.07) is 10.3. The molecule has 0 saturated carbocycles. The van der Waals surface area contributed by atoms with E-state index in [0.29, 0.717) is 5.56 Å². The van der Waals surface area contributed by atoms with Gasteiger partial charge in [0.05, 0.1) is 6.54 Å². The highest BCUT2D eigenvalue weighted by Gasteiger charge is 2.53. The fourth-order valence-electron chi connectivity index (χ4n) is 4.24. The smallest absolute Gasteiger partial charge is 0.303 e. The monoisotopic (exact) mass is 559 g/mol. The summed E-state index contributed by atoms with van der Waals surface area (Å²) in [5.41, 5.74) is 1.31. The molecule has 1 saturated heterocycles. The van der Waals surface area contributed by atoms with E-state index in [0.717, 1.165) is 32.8 Å². The molecule has 5 atom stereocenters. The van der Waals surface area contributed by atoms with E-state index in [9.17, 15) is 24.0 Å². The first kappa shape index (κ1) is 30.4. The molecule has 0 N–H and O–H groups in total. The second kappa shape index (κ2) is 13.7. The quantitative estimate of drug-likeness (QED) is 0.311. The van der Waals surface area contributed by atoms with E-state index in [1.165, 1.54) is 11.5 Å². The molecule has 12 heteroatoms. The number of ether oxygens (including phenoxy) is 6. The maximum absolute atomic E-state index is 12.6. The van der Waals surface area contributed by atoms with Crippen LogP contribution in [0, 0.1) is 0 Å². The minimum atomic E-state index is -1.39. The van der Waals surface area contributed by atoms with E-state index in [4.69, 9.17) is 28.4 Å². The molecule has 0 radical (unpaired) electrons. The second-order valence-corrected chi connectivity index (χ2v) is 9.15. The van der Waals surface area contributed by atoms with E-state index in [2.05, 4.69) is 0 Å². The lowest BCUT2D eigenvalue weighted by Gasteiger charge is -2.44. The van der Waals surface area contributed by atoms with Crippen molar-refractivity contribution in [1.82, 2.24) is 4.57 Å². The van der Waals surface area contributed by atoms with Gasteiger partial charge in [0, 0.05) is 45.5 Å². The number of esters is 4. The van der Waals surface area contributed by atoms with Gasteiger partial charge in [-0.25, -0.2) is 0 Å². The van der Waals surface area contributed by atoms with Crippen LogP contribution in [0.1, 0.15) is 45.7 Å². The highest BCUT2D eigenvalue weighted by atomic mass is 16.7. The van der Waals surface area contributed by atoms with Crippen LogP contribution in [0.5, 0.6) is 5.75 Å². The van der Waals surface area contributed by atoms with Gasteiger partial charge in [-0.3, -0.25) is 24.0 Å². The predicted octanol–water partition coefficient (Wildman–Crippen LogP) is 1.92. The lowest BCUT2D eigenvalue weighted by molar-refractivity contribution is -0.288. The summed E-state index contributed by atoms with van der Waals surface area (Å²) in [5, 5.41) is 0. The maximum atomic E-state index is 12.6. The van der Waals surface area contributed by atoms with E-state index >= 15 is 0 Å². The van der Waals surface area contributed by atoms with Crippen molar-refractivity contribution < 1.29 is 47.6 Å². The largest absolute Gasteiger partial charge is 0.463 e. The lowest BCUT2D eigenvalue weighted by atomic mass is 9.98. The highest BCUT2D eigenvalue weighted by molar-refractivity contribution is 5.68. The third kappa shape index (κ3) is 8.15.